The van der Waals surface area contributed by atoms with E-state index in [1.165, 1.54) is 4.70 Å². The van der Waals surface area contributed by atoms with E-state index in [2.05, 4.69) is 15.4 Å². The van der Waals surface area contributed by atoms with Crippen LogP contribution < -0.4 is 0 Å². The molecule has 0 spiro atoms. The van der Waals surface area contributed by atoms with Crippen molar-refractivity contribution in [3.05, 3.63) is 24.3 Å². The first-order valence-corrected chi connectivity index (χ1v) is 5.55. The summed E-state index contributed by atoms with van der Waals surface area (Å²) in [5.74, 6) is 0. The Labute approximate surface area is 85.7 Å². The van der Waals surface area contributed by atoms with Crippen LogP contribution in [0.3, 0.4) is 0 Å². The lowest BCUT2D eigenvalue weighted by molar-refractivity contribution is 0.702. The Balaban J connectivity index is 2.38. The third-order valence-corrected chi connectivity index (χ3v) is 3.45. The van der Waals surface area contributed by atoms with Crippen LogP contribution >= 0.6 is 23.3 Å². The zero-order valence-corrected chi connectivity index (χ0v) is 9.15. The zero-order chi connectivity index (χ0) is 9.26. The number of para-hydroxylation sites is 1. The highest BCUT2D eigenvalue weighted by molar-refractivity contribution is 7.98. The third-order valence-electron chi connectivity index (χ3n) is 1.53. The van der Waals surface area contributed by atoms with Crippen LogP contribution in [0.1, 0.15) is 0 Å². The van der Waals surface area contributed by atoms with Crippen LogP contribution in [0.5, 0.6) is 0 Å². The molecule has 0 fully saturated rings. The SMILES string of the molecule is CN(C)Sc1nc2ccccc2s1. The van der Waals surface area contributed by atoms with Gasteiger partial charge in [-0.05, 0) is 38.2 Å². The molecule has 2 aromatic rings. The predicted molar refractivity (Wildman–Crippen MR) is 59.2 cm³/mol. The lowest BCUT2D eigenvalue weighted by Gasteiger charge is -2.02. The van der Waals surface area contributed by atoms with Gasteiger partial charge in [-0.15, -0.1) is 11.3 Å². The number of hydrogen-bond donors (Lipinski definition) is 0. The normalized spacial score (nSPS) is 11.3. The molecule has 0 N–H and O–H groups in total. The van der Waals surface area contributed by atoms with Crippen molar-refractivity contribution in [3.8, 4) is 0 Å². The van der Waals surface area contributed by atoms with Gasteiger partial charge in [0.25, 0.3) is 0 Å². The van der Waals surface area contributed by atoms with E-state index in [9.17, 15) is 0 Å². The monoisotopic (exact) mass is 210 g/mol. The van der Waals surface area contributed by atoms with Gasteiger partial charge in [0.15, 0.2) is 4.34 Å². The van der Waals surface area contributed by atoms with Crippen molar-refractivity contribution < 1.29 is 0 Å². The number of thiazole rings is 1. The Morgan fingerprint density at radius 1 is 1.31 bits per heavy atom. The van der Waals surface area contributed by atoms with Gasteiger partial charge in [-0.3, -0.25) is 4.31 Å². The minimum Gasteiger partial charge on any atom is -0.251 e. The van der Waals surface area contributed by atoms with Gasteiger partial charge in [-0.25, -0.2) is 4.98 Å². The quantitative estimate of drug-likeness (QED) is 0.709. The number of fused-ring (bicyclic) bond motifs is 1. The van der Waals surface area contributed by atoms with E-state index < -0.39 is 0 Å². The summed E-state index contributed by atoms with van der Waals surface area (Å²) in [6.07, 6.45) is 0. The van der Waals surface area contributed by atoms with E-state index in [0.29, 0.717) is 0 Å². The van der Waals surface area contributed by atoms with E-state index in [4.69, 9.17) is 0 Å². The first kappa shape index (κ1) is 8.99. The largest absolute Gasteiger partial charge is 0.251 e. The molecule has 0 saturated heterocycles. The van der Waals surface area contributed by atoms with Crippen LogP contribution in [0.25, 0.3) is 10.2 Å². The highest BCUT2D eigenvalue weighted by atomic mass is 32.2. The van der Waals surface area contributed by atoms with Crippen LogP contribution in [0.4, 0.5) is 0 Å². The summed E-state index contributed by atoms with van der Waals surface area (Å²) >= 11 is 3.40. The maximum atomic E-state index is 4.49. The van der Waals surface area contributed by atoms with Crippen LogP contribution in [0.15, 0.2) is 28.6 Å². The Hall–Kier alpha value is -0.580. The van der Waals surface area contributed by atoms with Crippen molar-refractivity contribution in [2.75, 3.05) is 14.1 Å². The van der Waals surface area contributed by atoms with Gasteiger partial charge in [0.2, 0.25) is 0 Å². The summed E-state index contributed by atoms with van der Waals surface area (Å²) in [5.41, 5.74) is 1.09. The minimum atomic E-state index is 1.09. The molecule has 0 aliphatic rings. The lowest BCUT2D eigenvalue weighted by Crippen LogP contribution is -1.97. The number of aromatic nitrogens is 1. The number of benzene rings is 1. The molecule has 1 aromatic heterocycles. The van der Waals surface area contributed by atoms with E-state index in [1.807, 2.05) is 32.3 Å². The Morgan fingerprint density at radius 2 is 2.08 bits per heavy atom. The molecule has 68 valence electrons. The topological polar surface area (TPSA) is 16.1 Å². The van der Waals surface area contributed by atoms with Crippen LogP contribution in [0, 0.1) is 0 Å². The Bertz CT molecular complexity index is 376. The van der Waals surface area contributed by atoms with Gasteiger partial charge >= 0.3 is 0 Å². The maximum Gasteiger partial charge on any atom is 0.166 e. The molecular weight excluding hydrogens is 200 g/mol. The van der Waals surface area contributed by atoms with Gasteiger partial charge in [-0.1, -0.05) is 12.1 Å². The Morgan fingerprint density at radius 3 is 2.77 bits per heavy atom. The molecular formula is C9H10N2S2. The molecule has 0 aliphatic carbocycles. The van der Waals surface area contributed by atoms with Crippen molar-refractivity contribution in [2.24, 2.45) is 0 Å². The average Bonchev–Trinajstić information content (AvgIpc) is 2.44. The first-order chi connectivity index (χ1) is 6.25. The summed E-state index contributed by atoms with van der Waals surface area (Å²) in [5, 5.41) is 0. The van der Waals surface area contributed by atoms with Crippen LogP contribution in [-0.4, -0.2) is 23.4 Å². The second-order valence-corrected chi connectivity index (χ2v) is 5.44. The zero-order valence-electron chi connectivity index (χ0n) is 7.52. The standard InChI is InChI=1S/C9H10N2S2/c1-11(2)13-9-10-7-5-3-4-6-8(7)12-9/h3-6H,1-2H3. The summed E-state index contributed by atoms with van der Waals surface area (Å²) in [7, 11) is 4.05. The molecule has 2 rings (SSSR count). The molecule has 2 nitrogen and oxygen atoms in total. The predicted octanol–water partition coefficient (Wildman–Crippen LogP) is 2.87. The molecule has 0 amide bonds. The van der Waals surface area contributed by atoms with Crippen molar-refractivity contribution in [1.29, 1.82) is 0 Å². The van der Waals surface area contributed by atoms with E-state index in [0.717, 1.165) is 9.86 Å². The highest BCUT2D eigenvalue weighted by Crippen LogP contribution is 2.29. The molecule has 0 atom stereocenters. The molecule has 4 heteroatoms. The van der Waals surface area contributed by atoms with Gasteiger partial charge in [0, 0.05) is 0 Å². The number of rotatable bonds is 2. The van der Waals surface area contributed by atoms with Crippen molar-refractivity contribution in [2.45, 2.75) is 4.34 Å². The molecule has 0 saturated carbocycles. The molecule has 0 radical (unpaired) electrons. The second-order valence-electron chi connectivity index (χ2n) is 2.85. The fraction of sp³-hybridized carbons (Fsp3) is 0.222. The van der Waals surface area contributed by atoms with Gasteiger partial charge in [0.1, 0.15) is 0 Å². The van der Waals surface area contributed by atoms with E-state index in [1.54, 1.807) is 23.3 Å². The van der Waals surface area contributed by atoms with E-state index >= 15 is 0 Å². The first-order valence-electron chi connectivity index (χ1n) is 3.96. The molecule has 13 heavy (non-hydrogen) atoms. The Kier molecular flexibility index (Phi) is 2.53. The van der Waals surface area contributed by atoms with Crippen molar-refractivity contribution in [1.82, 2.24) is 9.29 Å². The van der Waals surface area contributed by atoms with Gasteiger partial charge in [-0.2, -0.15) is 0 Å². The fourth-order valence-electron chi connectivity index (χ4n) is 1.05. The summed E-state index contributed by atoms with van der Waals surface area (Å²) in [4.78, 5) is 4.49. The third kappa shape index (κ3) is 2.02. The second kappa shape index (κ2) is 3.65. The molecule has 1 aromatic carbocycles. The number of hydrogen-bond acceptors (Lipinski definition) is 4. The highest BCUT2D eigenvalue weighted by Gasteiger charge is 2.03. The van der Waals surface area contributed by atoms with Gasteiger partial charge in [0.05, 0.1) is 10.2 Å². The molecule has 1 heterocycles. The lowest BCUT2D eigenvalue weighted by atomic mass is 10.3. The van der Waals surface area contributed by atoms with Crippen molar-refractivity contribution >= 4 is 33.5 Å². The van der Waals surface area contributed by atoms with Crippen LogP contribution in [-0.2, 0) is 0 Å². The summed E-state index contributed by atoms with van der Waals surface area (Å²) < 4.78 is 4.41. The smallest absolute Gasteiger partial charge is 0.166 e. The van der Waals surface area contributed by atoms with E-state index in [-0.39, 0.29) is 0 Å². The molecule has 0 aliphatic heterocycles. The minimum absolute atomic E-state index is 1.09. The molecule has 0 bridgehead atoms. The van der Waals surface area contributed by atoms with Gasteiger partial charge < -0.3 is 0 Å². The summed E-state index contributed by atoms with van der Waals surface area (Å²) in [6, 6.07) is 8.22. The fourth-order valence-corrected chi connectivity index (χ4v) is 3.06. The average molecular weight is 210 g/mol. The van der Waals surface area contributed by atoms with Crippen molar-refractivity contribution in [3.63, 3.8) is 0 Å². The number of nitrogens with zero attached hydrogens (tertiary/aromatic N) is 2. The van der Waals surface area contributed by atoms with Crippen LogP contribution in [0.2, 0.25) is 0 Å². The summed E-state index contributed by atoms with van der Waals surface area (Å²) in [6.45, 7) is 0. The molecule has 0 unspecified atom stereocenters. The maximum absolute atomic E-state index is 4.49.